The highest BCUT2D eigenvalue weighted by Gasteiger charge is 2.12. The molecule has 1 aromatic heterocycles. The molecule has 0 aliphatic heterocycles. The van der Waals surface area contributed by atoms with E-state index in [1.165, 1.54) is 11.3 Å². The summed E-state index contributed by atoms with van der Waals surface area (Å²) in [5.41, 5.74) is 0. The quantitative estimate of drug-likeness (QED) is 0.774. The lowest BCUT2D eigenvalue weighted by molar-refractivity contribution is 0.0799. The summed E-state index contributed by atoms with van der Waals surface area (Å²) < 4.78 is 0. The largest absolute Gasteiger partial charge is 0.341 e. The molecule has 1 atom stereocenters. The molecular weight excluding hydrogens is 262 g/mol. The molecule has 0 radical (unpaired) electrons. The molecule has 78 valence electrons. The standard InChI is InChI=1S/C10H14BrNOS/c1-8(11)5-6-12(2)10(13)9-4-3-7-14-9/h3-4,7-8H,5-6H2,1-2H3. The van der Waals surface area contributed by atoms with Gasteiger partial charge in [0.25, 0.3) is 5.91 Å². The Hall–Kier alpha value is -0.350. The van der Waals surface area contributed by atoms with Crippen LogP contribution in [0, 0.1) is 0 Å². The zero-order valence-corrected chi connectivity index (χ0v) is 10.8. The van der Waals surface area contributed by atoms with Gasteiger partial charge < -0.3 is 4.90 Å². The second-order valence-electron chi connectivity index (χ2n) is 3.27. The third-order valence-electron chi connectivity index (χ3n) is 1.94. The second kappa shape index (κ2) is 5.51. The van der Waals surface area contributed by atoms with Crippen LogP contribution in [0.25, 0.3) is 0 Å². The average molecular weight is 276 g/mol. The summed E-state index contributed by atoms with van der Waals surface area (Å²) in [5.74, 6) is 0.119. The lowest BCUT2D eigenvalue weighted by Crippen LogP contribution is -2.28. The molecule has 1 heterocycles. The van der Waals surface area contributed by atoms with Gasteiger partial charge in [-0.2, -0.15) is 0 Å². The lowest BCUT2D eigenvalue weighted by atomic mass is 10.3. The molecule has 1 aromatic rings. The van der Waals surface area contributed by atoms with E-state index in [1.807, 2.05) is 24.6 Å². The van der Waals surface area contributed by atoms with E-state index in [4.69, 9.17) is 0 Å². The molecule has 0 aliphatic carbocycles. The van der Waals surface area contributed by atoms with Crippen molar-refractivity contribution in [2.24, 2.45) is 0 Å². The molecule has 0 spiro atoms. The summed E-state index contributed by atoms with van der Waals surface area (Å²) in [5, 5.41) is 1.92. The van der Waals surface area contributed by atoms with Gasteiger partial charge in [-0.05, 0) is 17.9 Å². The van der Waals surface area contributed by atoms with Crippen LogP contribution in [0.1, 0.15) is 23.0 Å². The van der Waals surface area contributed by atoms with Crippen molar-refractivity contribution in [3.05, 3.63) is 22.4 Å². The first-order chi connectivity index (χ1) is 6.61. The van der Waals surface area contributed by atoms with Gasteiger partial charge in [0.1, 0.15) is 0 Å². The van der Waals surface area contributed by atoms with Gasteiger partial charge in [-0.3, -0.25) is 4.79 Å². The van der Waals surface area contributed by atoms with E-state index in [-0.39, 0.29) is 5.91 Å². The van der Waals surface area contributed by atoms with Gasteiger partial charge in [0.05, 0.1) is 4.88 Å². The predicted octanol–water partition coefficient (Wildman–Crippen LogP) is 2.99. The fourth-order valence-electron chi connectivity index (χ4n) is 1.06. The molecule has 14 heavy (non-hydrogen) atoms. The molecule has 2 nitrogen and oxygen atoms in total. The van der Waals surface area contributed by atoms with Crippen molar-refractivity contribution in [1.29, 1.82) is 0 Å². The Morgan fingerprint density at radius 2 is 2.43 bits per heavy atom. The normalized spacial score (nSPS) is 12.5. The zero-order chi connectivity index (χ0) is 10.6. The van der Waals surface area contributed by atoms with Crippen molar-refractivity contribution in [2.75, 3.05) is 13.6 Å². The Bertz CT molecular complexity index is 284. The van der Waals surface area contributed by atoms with Crippen molar-refractivity contribution in [3.8, 4) is 0 Å². The van der Waals surface area contributed by atoms with Crippen LogP contribution < -0.4 is 0 Å². The molecule has 0 N–H and O–H groups in total. The number of nitrogens with zero attached hydrogens (tertiary/aromatic N) is 1. The van der Waals surface area contributed by atoms with E-state index < -0.39 is 0 Å². The first-order valence-electron chi connectivity index (χ1n) is 4.54. The van der Waals surface area contributed by atoms with Crippen molar-refractivity contribution < 1.29 is 4.79 Å². The highest BCUT2D eigenvalue weighted by molar-refractivity contribution is 9.09. The van der Waals surface area contributed by atoms with Crippen LogP contribution in [-0.2, 0) is 0 Å². The van der Waals surface area contributed by atoms with Gasteiger partial charge in [-0.1, -0.05) is 28.9 Å². The molecular formula is C10H14BrNOS. The summed E-state index contributed by atoms with van der Waals surface area (Å²) in [6.07, 6.45) is 0.980. The minimum absolute atomic E-state index is 0.119. The minimum atomic E-state index is 0.119. The topological polar surface area (TPSA) is 20.3 Å². The van der Waals surface area contributed by atoms with Crippen molar-refractivity contribution in [3.63, 3.8) is 0 Å². The highest BCUT2D eigenvalue weighted by atomic mass is 79.9. The van der Waals surface area contributed by atoms with Gasteiger partial charge in [-0.25, -0.2) is 0 Å². The van der Waals surface area contributed by atoms with E-state index >= 15 is 0 Å². The number of halogens is 1. The number of rotatable bonds is 4. The lowest BCUT2D eigenvalue weighted by Gasteiger charge is -2.16. The third-order valence-corrected chi connectivity index (χ3v) is 3.26. The molecule has 1 rings (SSSR count). The SMILES string of the molecule is CC(Br)CCN(C)C(=O)c1cccs1. The number of carbonyl (C=O) groups is 1. The summed E-state index contributed by atoms with van der Waals surface area (Å²) >= 11 is 4.96. The van der Waals surface area contributed by atoms with E-state index in [0.29, 0.717) is 4.83 Å². The van der Waals surface area contributed by atoms with E-state index in [1.54, 1.807) is 4.90 Å². The minimum Gasteiger partial charge on any atom is -0.341 e. The smallest absolute Gasteiger partial charge is 0.263 e. The number of alkyl halides is 1. The number of hydrogen-bond acceptors (Lipinski definition) is 2. The Morgan fingerprint density at radius 1 is 1.71 bits per heavy atom. The van der Waals surface area contributed by atoms with E-state index in [0.717, 1.165) is 17.8 Å². The summed E-state index contributed by atoms with van der Waals surface area (Å²) in [6.45, 7) is 2.88. The Balaban J connectivity index is 2.45. The van der Waals surface area contributed by atoms with Gasteiger partial charge in [0.15, 0.2) is 0 Å². The molecule has 0 fully saturated rings. The summed E-state index contributed by atoms with van der Waals surface area (Å²) in [7, 11) is 1.84. The van der Waals surface area contributed by atoms with Crippen LogP contribution in [0.4, 0.5) is 0 Å². The maximum Gasteiger partial charge on any atom is 0.263 e. The number of hydrogen-bond donors (Lipinski definition) is 0. The Kier molecular flexibility index (Phi) is 4.62. The molecule has 0 aliphatic rings. The second-order valence-corrected chi connectivity index (χ2v) is 5.78. The van der Waals surface area contributed by atoms with Crippen LogP contribution in [0.15, 0.2) is 17.5 Å². The third kappa shape index (κ3) is 3.42. The Morgan fingerprint density at radius 3 is 2.93 bits per heavy atom. The maximum absolute atomic E-state index is 11.7. The predicted molar refractivity (Wildman–Crippen MR) is 64.3 cm³/mol. The van der Waals surface area contributed by atoms with E-state index in [9.17, 15) is 4.79 Å². The first-order valence-corrected chi connectivity index (χ1v) is 6.34. The molecule has 1 amide bonds. The summed E-state index contributed by atoms with van der Waals surface area (Å²) in [6, 6.07) is 3.76. The van der Waals surface area contributed by atoms with Crippen molar-refractivity contribution in [2.45, 2.75) is 18.2 Å². The maximum atomic E-state index is 11.7. The van der Waals surface area contributed by atoms with Gasteiger partial charge in [-0.15, -0.1) is 11.3 Å². The van der Waals surface area contributed by atoms with Crippen LogP contribution in [0.5, 0.6) is 0 Å². The first kappa shape index (κ1) is 11.7. The molecule has 4 heteroatoms. The fraction of sp³-hybridized carbons (Fsp3) is 0.500. The van der Waals surface area contributed by atoms with Crippen molar-refractivity contribution >= 4 is 33.2 Å². The van der Waals surface area contributed by atoms with E-state index in [2.05, 4.69) is 22.9 Å². The van der Waals surface area contributed by atoms with Crippen LogP contribution in [0.3, 0.4) is 0 Å². The van der Waals surface area contributed by atoms with Crippen molar-refractivity contribution in [1.82, 2.24) is 4.90 Å². The molecule has 0 saturated carbocycles. The number of amides is 1. The summed E-state index contributed by atoms with van der Waals surface area (Å²) in [4.78, 5) is 14.8. The molecule has 0 bridgehead atoms. The molecule has 1 unspecified atom stereocenters. The Labute approximate surface area is 97.1 Å². The molecule has 0 saturated heterocycles. The fourth-order valence-corrected chi connectivity index (χ4v) is 1.98. The highest BCUT2D eigenvalue weighted by Crippen LogP contribution is 2.12. The van der Waals surface area contributed by atoms with Gasteiger partial charge in [0, 0.05) is 18.4 Å². The molecule has 0 aromatic carbocycles. The van der Waals surface area contributed by atoms with Gasteiger partial charge >= 0.3 is 0 Å². The zero-order valence-electron chi connectivity index (χ0n) is 8.37. The number of carbonyl (C=O) groups excluding carboxylic acids is 1. The monoisotopic (exact) mass is 275 g/mol. The number of thiophene rings is 1. The van der Waals surface area contributed by atoms with Crippen LogP contribution in [0.2, 0.25) is 0 Å². The van der Waals surface area contributed by atoms with Crippen LogP contribution in [-0.4, -0.2) is 29.2 Å². The average Bonchev–Trinajstić information content (AvgIpc) is 2.65. The van der Waals surface area contributed by atoms with Crippen LogP contribution >= 0.6 is 27.3 Å². The van der Waals surface area contributed by atoms with Gasteiger partial charge in [0.2, 0.25) is 0 Å².